The van der Waals surface area contributed by atoms with Crippen molar-refractivity contribution in [3.63, 3.8) is 0 Å². The summed E-state index contributed by atoms with van der Waals surface area (Å²) in [5, 5.41) is 9.58. The molecule has 0 radical (unpaired) electrons. The SMILES string of the molecule is C.C=C(C)/C=C\C(=C/CC)c1cn[nH]c1NC(=O)OCC(/C=C\C)=C/C=C\C.CC. The smallest absolute Gasteiger partial charge is 0.413 e. The molecule has 0 aromatic carbocycles. The highest BCUT2D eigenvalue weighted by atomic mass is 16.5. The lowest BCUT2D eigenvalue weighted by Crippen LogP contribution is -2.16. The number of rotatable bonds is 9. The minimum absolute atomic E-state index is 0. The standard InChI is InChI=1S/C22H29N3O2.C2H6.CH4/c1-6-9-12-18(10-7-2)16-27-22(26)24-21-20(15-23-25-21)19(11-8-3)14-13-17(4)5;1-2;/h6-7,9-15H,4,8,16H2,1-3,5H3,(H2,23,24,25,26);1-2H3;1H4/b9-6-,10-7-,14-13-,18-12+,19-11+;;. The molecule has 166 valence electrons. The predicted octanol–water partition coefficient (Wildman–Crippen LogP) is 7.62. The minimum atomic E-state index is -0.545. The predicted molar refractivity (Wildman–Crippen MR) is 132 cm³/mol. The average molecular weight is 414 g/mol. The number of H-pyrrole nitrogens is 1. The number of carbonyl (C=O) groups is 1. The second kappa shape index (κ2) is 18.0. The number of ether oxygens (including phenoxy) is 1. The van der Waals surface area contributed by atoms with Crippen LogP contribution >= 0.6 is 0 Å². The van der Waals surface area contributed by atoms with E-state index in [1.54, 1.807) is 6.20 Å². The second-order valence-electron chi connectivity index (χ2n) is 5.87. The monoisotopic (exact) mass is 413 g/mol. The van der Waals surface area contributed by atoms with Gasteiger partial charge >= 0.3 is 6.09 Å². The summed E-state index contributed by atoms with van der Waals surface area (Å²) in [6, 6.07) is 0. The molecular weight excluding hydrogens is 374 g/mol. The van der Waals surface area contributed by atoms with Gasteiger partial charge in [0.05, 0.1) is 6.20 Å². The van der Waals surface area contributed by atoms with E-state index in [0.717, 1.165) is 28.7 Å². The Morgan fingerprint density at radius 3 is 2.50 bits per heavy atom. The summed E-state index contributed by atoms with van der Waals surface area (Å²) in [6.07, 6.45) is 17.5. The highest BCUT2D eigenvalue weighted by Crippen LogP contribution is 2.24. The molecule has 5 heteroatoms. The number of carbonyl (C=O) groups excluding carboxylic acids is 1. The maximum atomic E-state index is 12.2. The molecule has 1 rings (SSSR count). The van der Waals surface area contributed by atoms with E-state index in [1.165, 1.54) is 0 Å². The van der Waals surface area contributed by atoms with E-state index >= 15 is 0 Å². The summed E-state index contributed by atoms with van der Waals surface area (Å²) >= 11 is 0. The van der Waals surface area contributed by atoms with Crippen molar-refractivity contribution in [2.45, 2.75) is 55.4 Å². The lowest BCUT2D eigenvalue weighted by molar-refractivity contribution is 0.172. The van der Waals surface area contributed by atoms with Crippen LogP contribution < -0.4 is 5.32 Å². The van der Waals surface area contributed by atoms with Crippen LogP contribution in [0.4, 0.5) is 10.6 Å². The first kappa shape index (κ1) is 29.1. The first-order valence-corrected chi connectivity index (χ1v) is 9.97. The fourth-order valence-electron chi connectivity index (χ4n) is 2.19. The number of hydrogen-bond donors (Lipinski definition) is 2. The van der Waals surface area contributed by atoms with Gasteiger partial charge in [-0.25, -0.2) is 4.79 Å². The number of allylic oxidation sites excluding steroid dienone is 9. The molecule has 0 saturated carbocycles. The molecule has 30 heavy (non-hydrogen) atoms. The van der Waals surface area contributed by atoms with Crippen LogP contribution in [0.15, 0.2) is 72.5 Å². The molecule has 1 heterocycles. The Kier molecular flexibility index (Phi) is 17.5. The van der Waals surface area contributed by atoms with Crippen LogP contribution in [-0.4, -0.2) is 22.9 Å². The van der Waals surface area contributed by atoms with Gasteiger partial charge in [-0.3, -0.25) is 10.4 Å². The van der Waals surface area contributed by atoms with Crippen LogP contribution in [0.2, 0.25) is 0 Å². The molecule has 0 saturated heterocycles. The summed E-state index contributed by atoms with van der Waals surface area (Å²) < 4.78 is 5.32. The molecular formula is C25H39N3O2. The molecule has 0 unspecified atom stereocenters. The number of nitrogens with zero attached hydrogens (tertiary/aromatic N) is 1. The van der Waals surface area contributed by atoms with Gasteiger partial charge in [0.25, 0.3) is 0 Å². The van der Waals surface area contributed by atoms with Crippen LogP contribution in [0.1, 0.15) is 61.0 Å². The van der Waals surface area contributed by atoms with E-state index in [0.29, 0.717) is 5.82 Å². The van der Waals surface area contributed by atoms with Crippen molar-refractivity contribution in [1.82, 2.24) is 10.2 Å². The van der Waals surface area contributed by atoms with Gasteiger partial charge in [0.1, 0.15) is 12.4 Å². The van der Waals surface area contributed by atoms with Crippen molar-refractivity contribution in [3.8, 4) is 0 Å². The number of amides is 1. The highest BCUT2D eigenvalue weighted by Gasteiger charge is 2.12. The Balaban J connectivity index is 0. The number of aromatic amines is 1. The number of nitrogens with one attached hydrogen (secondary N) is 2. The molecule has 0 bridgehead atoms. The molecule has 1 aromatic rings. The Morgan fingerprint density at radius 1 is 1.23 bits per heavy atom. The normalized spacial score (nSPS) is 11.9. The third-order valence-electron chi connectivity index (χ3n) is 3.40. The molecule has 0 aliphatic carbocycles. The third-order valence-corrected chi connectivity index (χ3v) is 3.40. The van der Waals surface area contributed by atoms with Gasteiger partial charge in [-0.05, 0) is 38.3 Å². The molecule has 0 fully saturated rings. The van der Waals surface area contributed by atoms with E-state index in [2.05, 4.69) is 35.1 Å². The Hall–Kier alpha value is -3.08. The van der Waals surface area contributed by atoms with E-state index in [4.69, 9.17) is 4.74 Å². The first-order chi connectivity index (χ1) is 14.0. The minimum Gasteiger partial charge on any atom is -0.444 e. The van der Waals surface area contributed by atoms with Gasteiger partial charge in [-0.2, -0.15) is 5.10 Å². The highest BCUT2D eigenvalue weighted by molar-refractivity contribution is 5.90. The molecule has 2 N–H and O–H groups in total. The van der Waals surface area contributed by atoms with Gasteiger partial charge in [0.2, 0.25) is 0 Å². The maximum absolute atomic E-state index is 12.2. The summed E-state index contributed by atoms with van der Waals surface area (Å²) in [5.41, 5.74) is 3.59. The van der Waals surface area contributed by atoms with Gasteiger partial charge in [0, 0.05) is 5.56 Å². The summed E-state index contributed by atoms with van der Waals surface area (Å²) in [6.45, 7) is 15.9. The van der Waals surface area contributed by atoms with Crippen molar-refractivity contribution in [2.24, 2.45) is 0 Å². The fourth-order valence-corrected chi connectivity index (χ4v) is 2.19. The van der Waals surface area contributed by atoms with E-state index in [9.17, 15) is 4.79 Å². The molecule has 0 atom stereocenters. The second-order valence-corrected chi connectivity index (χ2v) is 5.87. The van der Waals surface area contributed by atoms with Gasteiger partial charge in [-0.1, -0.05) is 89.0 Å². The zero-order chi connectivity index (χ0) is 22.1. The van der Waals surface area contributed by atoms with Crippen LogP contribution in [0.3, 0.4) is 0 Å². The van der Waals surface area contributed by atoms with E-state index < -0.39 is 6.09 Å². The molecule has 0 spiro atoms. The molecule has 0 aliphatic rings. The van der Waals surface area contributed by atoms with Gasteiger partial charge in [-0.15, -0.1) is 0 Å². The lowest BCUT2D eigenvalue weighted by Gasteiger charge is -2.08. The molecule has 1 aromatic heterocycles. The van der Waals surface area contributed by atoms with E-state index in [-0.39, 0.29) is 14.0 Å². The van der Waals surface area contributed by atoms with E-state index in [1.807, 2.05) is 77.2 Å². The lowest BCUT2D eigenvalue weighted by atomic mass is 10.1. The number of hydrogen-bond acceptors (Lipinski definition) is 3. The number of aromatic nitrogens is 2. The Bertz CT molecular complexity index is 778. The quantitative estimate of drug-likeness (QED) is 0.409. The van der Waals surface area contributed by atoms with Gasteiger partial charge in [0.15, 0.2) is 0 Å². The topological polar surface area (TPSA) is 67.0 Å². The van der Waals surface area contributed by atoms with Crippen LogP contribution in [0, 0.1) is 0 Å². The maximum Gasteiger partial charge on any atom is 0.413 e. The van der Waals surface area contributed by atoms with Crippen molar-refractivity contribution in [1.29, 1.82) is 0 Å². The summed E-state index contributed by atoms with van der Waals surface area (Å²) in [7, 11) is 0. The zero-order valence-corrected chi connectivity index (χ0v) is 18.6. The zero-order valence-electron chi connectivity index (χ0n) is 18.6. The van der Waals surface area contributed by atoms with Crippen LogP contribution in [0.25, 0.3) is 5.57 Å². The molecule has 0 aliphatic heterocycles. The fraction of sp³-hybridized carbons (Fsp3) is 0.360. The summed E-state index contributed by atoms with van der Waals surface area (Å²) in [5.74, 6) is 0.496. The summed E-state index contributed by atoms with van der Waals surface area (Å²) in [4.78, 5) is 12.2. The Labute approximate surface area is 183 Å². The van der Waals surface area contributed by atoms with Crippen molar-refractivity contribution < 1.29 is 9.53 Å². The van der Waals surface area contributed by atoms with Crippen molar-refractivity contribution in [2.75, 3.05) is 11.9 Å². The van der Waals surface area contributed by atoms with Crippen LogP contribution in [0.5, 0.6) is 0 Å². The van der Waals surface area contributed by atoms with Crippen molar-refractivity contribution in [3.05, 3.63) is 78.1 Å². The number of anilines is 1. The first-order valence-electron chi connectivity index (χ1n) is 9.97. The largest absolute Gasteiger partial charge is 0.444 e. The third kappa shape index (κ3) is 11.7. The average Bonchev–Trinajstić information content (AvgIpc) is 3.16. The van der Waals surface area contributed by atoms with Crippen LogP contribution in [-0.2, 0) is 4.74 Å². The molecule has 1 amide bonds. The van der Waals surface area contributed by atoms with Gasteiger partial charge < -0.3 is 4.74 Å². The Morgan fingerprint density at radius 2 is 1.93 bits per heavy atom. The molecule has 5 nitrogen and oxygen atoms in total. The van der Waals surface area contributed by atoms with Crippen molar-refractivity contribution >= 4 is 17.5 Å².